The van der Waals surface area contributed by atoms with Gasteiger partial charge in [0.05, 0.1) is 5.41 Å². The van der Waals surface area contributed by atoms with E-state index in [1.807, 2.05) is 0 Å². The maximum Gasteiger partial charge on any atom is 0.310 e. The van der Waals surface area contributed by atoms with Gasteiger partial charge in [-0.15, -0.1) is 0 Å². The summed E-state index contributed by atoms with van der Waals surface area (Å²) >= 11 is 0. The van der Waals surface area contributed by atoms with Crippen LogP contribution in [0.4, 0.5) is 0 Å². The van der Waals surface area contributed by atoms with Crippen molar-refractivity contribution >= 4 is 11.9 Å². The van der Waals surface area contributed by atoms with E-state index >= 15 is 0 Å². The molecule has 0 aliphatic heterocycles. The summed E-state index contributed by atoms with van der Waals surface area (Å²) in [4.78, 5) is 23.6. The van der Waals surface area contributed by atoms with Crippen LogP contribution in [0.15, 0.2) is 0 Å². The summed E-state index contributed by atoms with van der Waals surface area (Å²) in [5, 5.41) is 12.5. The SMILES string of the molecule is CC1(C)CCCC1NC(=O)CC1(C(=O)O)CCCC1. The highest BCUT2D eigenvalue weighted by Gasteiger charge is 2.44. The first kappa shape index (κ1) is 14.4. The third kappa shape index (κ3) is 2.93. The lowest BCUT2D eigenvalue weighted by Crippen LogP contribution is -2.44. The molecule has 4 heteroatoms. The molecule has 4 nitrogen and oxygen atoms in total. The minimum Gasteiger partial charge on any atom is -0.481 e. The summed E-state index contributed by atoms with van der Waals surface area (Å²) in [6.45, 7) is 4.35. The summed E-state index contributed by atoms with van der Waals surface area (Å²) in [5.74, 6) is -0.880. The first-order chi connectivity index (χ1) is 8.86. The van der Waals surface area contributed by atoms with Crippen LogP contribution in [0.3, 0.4) is 0 Å². The number of carboxylic acid groups (broad SMARTS) is 1. The highest BCUT2D eigenvalue weighted by molar-refractivity contribution is 5.85. The molecule has 2 N–H and O–H groups in total. The molecule has 0 aromatic carbocycles. The number of amides is 1. The number of hydrogen-bond donors (Lipinski definition) is 2. The molecule has 19 heavy (non-hydrogen) atoms. The van der Waals surface area contributed by atoms with Gasteiger partial charge in [-0.25, -0.2) is 0 Å². The topological polar surface area (TPSA) is 66.4 Å². The second-order valence-corrected chi connectivity index (χ2v) is 6.97. The average molecular weight is 267 g/mol. The van der Waals surface area contributed by atoms with E-state index < -0.39 is 11.4 Å². The molecule has 108 valence electrons. The molecule has 0 aromatic rings. The molecule has 2 aliphatic rings. The molecule has 0 heterocycles. The molecule has 2 aliphatic carbocycles. The van der Waals surface area contributed by atoms with Crippen molar-refractivity contribution in [3.63, 3.8) is 0 Å². The molecule has 0 bridgehead atoms. The smallest absolute Gasteiger partial charge is 0.310 e. The summed E-state index contributed by atoms with van der Waals surface area (Å²) in [7, 11) is 0. The van der Waals surface area contributed by atoms with Gasteiger partial charge in [0, 0.05) is 12.5 Å². The van der Waals surface area contributed by atoms with Crippen LogP contribution in [-0.4, -0.2) is 23.0 Å². The Kier molecular flexibility index (Phi) is 3.88. The number of carbonyl (C=O) groups is 2. The molecule has 2 fully saturated rings. The van der Waals surface area contributed by atoms with E-state index in [1.165, 1.54) is 0 Å². The zero-order valence-electron chi connectivity index (χ0n) is 12.0. The molecule has 0 aromatic heterocycles. The lowest BCUT2D eigenvalue weighted by Gasteiger charge is -2.30. The molecular formula is C15H25NO3. The van der Waals surface area contributed by atoms with Crippen molar-refractivity contribution < 1.29 is 14.7 Å². The quantitative estimate of drug-likeness (QED) is 0.823. The van der Waals surface area contributed by atoms with Crippen molar-refractivity contribution in [2.75, 3.05) is 0 Å². The number of rotatable bonds is 4. The second-order valence-electron chi connectivity index (χ2n) is 6.97. The number of carboxylic acids is 1. The summed E-state index contributed by atoms with van der Waals surface area (Å²) in [6, 6.07) is 0.201. The van der Waals surface area contributed by atoms with Crippen LogP contribution >= 0.6 is 0 Å². The predicted molar refractivity (Wildman–Crippen MR) is 72.7 cm³/mol. The average Bonchev–Trinajstić information content (AvgIpc) is 2.88. The van der Waals surface area contributed by atoms with Crippen molar-refractivity contribution in [1.82, 2.24) is 5.32 Å². The zero-order chi connectivity index (χ0) is 14.1. The van der Waals surface area contributed by atoms with Gasteiger partial charge in [0.25, 0.3) is 0 Å². The largest absolute Gasteiger partial charge is 0.481 e. The summed E-state index contributed by atoms with van der Waals surface area (Å²) in [5.41, 5.74) is -0.658. The van der Waals surface area contributed by atoms with Crippen LogP contribution in [0.5, 0.6) is 0 Å². The van der Waals surface area contributed by atoms with Gasteiger partial charge in [-0.2, -0.15) is 0 Å². The third-order valence-corrected chi connectivity index (χ3v) is 5.11. The van der Waals surface area contributed by atoms with Gasteiger partial charge in [-0.05, 0) is 31.1 Å². The van der Waals surface area contributed by atoms with Crippen molar-refractivity contribution in [3.05, 3.63) is 0 Å². The van der Waals surface area contributed by atoms with Gasteiger partial charge in [0.2, 0.25) is 5.91 Å². The Morgan fingerprint density at radius 3 is 2.26 bits per heavy atom. The number of carbonyl (C=O) groups excluding carboxylic acids is 1. The summed E-state index contributed by atoms with van der Waals surface area (Å²) in [6.07, 6.45) is 6.56. The summed E-state index contributed by atoms with van der Waals surface area (Å²) < 4.78 is 0. The van der Waals surface area contributed by atoms with Crippen molar-refractivity contribution in [2.45, 2.75) is 71.3 Å². The van der Waals surface area contributed by atoms with Crippen LogP contribution in [0, 0.1) is 10.8 Å². The monoisotopic (exact) mass is 267 g/mol. The molecule has 2 saturated carbocycles. The van der Waals surface area contributed by atoms with E-state index in [4.69, 9.17) is 0 Å². The minimum absolute atomic E-state index is 0.0794. The maximum atomic E-state index is 12.2. The number of nitrogens with one attached hydrogen (secondary N) is 1. The van der Waals surface area contributed by atoms with E-state index in [1.54, 1.807) is 0 Å². The molecular weight excluding hydrogens is 242 g/mol. The Morgan fingerprint density at radius 2 is 1.79 bits per heavy atom. The predicted octanol–water partition coefficient (Wildman–Crippen LogP) is 2.72. The van der Waals surface area contributed by atoms with E-state index in [0.717, 1.165) is 32.1 Å². The fourth-order valence-electron chi connectivity index (χ4n) is 3.67. The van der Waals surface area contributed by atoms with E-state index in [0.29, 0.717) is 12.8 Å². The van der Waals surface area contributed by atoms with Crippen molar-refractivity contribution in [1.29, 1.82) is 0 Å². The standard InChI is InChI=1S/C15H25NO3/c1-14(2)7-5-6-11(14)16-12(17)10-15(13(18)19)8-3-4-9-15/h11H,3-10H2,1-2H3,(H,16,17)(H,18,19). The fourth-order valence-corrected chi connectivity index (χ4v) is 3.67. The van der Waals surface area contributed by atoms with E-state index in [2.05, 4.69) is 19.2 Å². The molecule has 0 saturated heterocycles. The van der Waals surface area contributed by atoms with Crippen LogP contribution in [0.25, 0.3) is 0 Å². The first-order valence-corrected chi connectivity index (χ1v) is 7.39. The Morgan fingerprint density at radius 1 is 1.16 bits per heavy atom. The fraction of sp³-hybridized carbons (Fsp3) is 0.867. The second kappa shape index (κ2) is 5.14. The van der Waals surface area contributed by atoms with Gasteiger partial charge in [-0.1, -0.05) is 33.1 Å². The molecule has 0 radical (unpaired) electrons. The lowest BCUT2D eigenvalue weighted by atomic mass is 9.82. The Balaban J connectivity index is 1.95. The minimum atomic E-state index is -0.800. The van der Waals surface area contributed by atoms with Crippen molar-refractivity contribution in [3.8, 4) is 0 Å². The number of aliphatic carboxylic acids is 1. The van der Waals surface area contributed by atoms with Crippen LogP contribution in [-0.2, 0) is 9.59 Å². The Hall–Kier alpha value is -1.06. The molecule has 1 unspecified atom stereocenters. The van der Waals surface area contributed by atoms with Crippen LogP contribution in [0.2, 0.25) is 0 Å². The normalized spacial score (nSPS) is 28.2. The zero-order valence-corrected chi connectivity index (χ0v) is 12.0. The third-order valence-electron chi connectivity index (χ3n) is 5.11. The molecule has 1 amide bonds. The molecule has 2 rings (SSSR count). The van der Waals surface area contributed by atoms with E-state index in [9.17, 15) is 14.7 Å². The van der Waals surface area contributed by atoms with Gasteiger partial charge in [0.15, 0.2) is 0 Å². The molecule has 0 spiro atoms. The Labute approximate surface area is 115 Å². The highest BCUT2D eigenvalue weighted by Crippen LogP contribution is 2.42. The van der Waals surface area contributed by atoms with Gasteiger partial charge >= 0.3 is 5.97 Å². The highest BCUT2D eigenvalue weighted by atomic mass is 16.4. The first-order valence-electron chi connectivity index (χ1n) is 7.39. The van der Waals surface area contributed by atoms with Crippen LogP contribution in [0.1, 0.15) is 65.2 Å². The number of hydrogen-bond acceptors (Lipinski definition) is 2. The molecule has 1 atom stereocenters. The maximum absolute atomic E-state index is 12.2. The van der Waals surface area contributed by atoms with Gasteiger partial charge in [0.1, 0.15) is 0 Å². The van der Waals surface area contributed by atoms with Crippen molar-refractivity contribution in [2.24, 2.45) is 10.8 Å². The Bertz CT molecular complexity index is 370. The van der Waals surface area contributed by atoms with Gasteiger partial charge < -0.3 is 10.4 Å². The lowest BCUT2D eigenvalue weighted by molar-refractivity contribution is -0.151. The van der Waals surface area contributed by atoms with Crippen LogP contribution < -0.4 is 5.32 Å². The van der Waals surface area contributed by atoms with Gasteiger partial charge in [-0.3, -0.25) is 9.59 Å². The van der Waals surface area contributed by atoms with E-state index in [-0.39, 0.29) is 23.8 Å².